The second kappa shape index (κ2) is 6.36. The molecule has 18 heavy (non-hydrogen) atoms. The quantitative estimate of drug-likeness (QED) is 0.716. The van der Waals surface area contributed by atoms with Crippen LogP contribution in [0, 0.1) is 0 Å². The lowest BCUT2D eigenvalue weighted by atomic mass is 10.5. The molecule has 0 aliphatic heterocycles. The Labute approximate surface area is 111 Å². The van der Waals surface area contributed by atoms with Gasteiger partial charge in [0.15, 0.2) is 9.90 Å². The van der Waals surface area contributed by atoms with E-state index in [-0.39, 0.29) is 22.2 Å². The SMILES string of the molecule is COC(=O)c1ncsc1S(=O)(=O)NCCS(C)=O. The lowest BCUT2D eigenvalue weighted by Gasteiger charge is -2.04. The Balaban J connectivity index is 2.89. The molecule has 0 fully saturated rings. The molecule has 1 unspecified atom stereocenters. The fourth-order valence-corrected chi connectivity index (χ4v) is 3.77. The second-order valence-electron chi connectivity index (χ2n) is 3.16. The van der Waals surface area contributed by atoms with Gasteiger partial charge < -0.3 is 4.74 Å². The Hall–Kier alpha value is -0.840. The third kappa shape index (κ3) is 3.83. The first-order valence-electron chi connectivity index (χ1n) is 4.70. The van der Waals surface area contributed by atoms with E-state index in [0.29, 0.717) is 0 Å². The lowest BCUT2D eigenvalue weighted by Crippen LogP contribution is -2.28. The summed E-state index contributed by atoms with van der Waals surface area (Å²) in [4.78, 5) is 15.0. The number of aromatic nitrogens is 1. The number of thiazole rings is 1. The van der Waals surface area contributed by atoms with E-state index in [0.717, 1.165) is 18.4 Å². The highest BCUT2D eigenvalue weighted by molar-refractivity contribution is 7.91. The number of ether oxygens (including phenoxy) is 1. The third-order valence-electron chi connectivity index (χ3n) is 1.84. The highest BCUT2D eigenvalue weighted by atomic mass is 32.2. The van der Waals surface area contributed by atoms with Crippen molar-refractivity contribution in [2.75, 3.05) is 25.7 Å². The maximum absolute atomic E-state index is 11.9. The number of hydrogen-bond acceptors (Lipinski definition) is 7. The molecule has 1 rings (SSSR count). The number of hydrogen-bond donors (Lipinski definition) is 1. The molecule has 102 valence electrons. The van der Waals surface area contributed by atoms with Crippen LogP contribution < -0.4 is 4.72 Å². The molecule has 1 aromatic rings. The van der Waals surface area contributed by atoms with Crippen molar-refractivity contribution in [2.24, 2.45) is 0 Å². The van der Waals surface area contributed by atoms with Crippen LogP contribution >= 0.6 is 11.3 Å². The zero-order chi connectivity index (χ0) is 13.8. The molecule has 0 saturated heterocycles. The van der Waals surface area contributed by atoms with Gasteiger partial charge in [0.25, 0.3) is 10.0 Å². The number of nitrogens with zero attached hydrogens (tertiary/aromatic N) is 1. The van der Waals surface area contributed by atoms with Crippen LogP contribution in [0.1, 0.15) is 10.5 Å². The molecule has 1 aromatic heterocycles. The Morgan fingerprint density at radius 3 is 2.83 bits per heavy atom. The first-order valence-corrected chi connectivity index (χ1v) is 8.79. The molecule has 0 amide bonds. The zero-order valence-corrected chi connectivity index (χ0v) is 12.2. The van der Waals surface area contributed by atoms with Gasteiger partial charge in [-0.1, -0.05) is 0 Å². The molecule has 0 aliphatic carbocycles. The van der Waals surface area contributed by atoms with Crippen LogP contribution in [0.5, 0.6) is 0 Å². The first-order chi connectivity index (χ1) is 8.38. The van der Waals surface area contributed by atoms with Gasteiger partial charge in [-0.25, -0.2) is 22.9 Å². The van der Waals surface area contributed by atoms with E-state index >= 15 is 0 Å². The van der Waals surface area contributed by atoms with Crippen molar-refractivity contribution in [3.8, 4) is 0 Å². The summed E-state index contributed by atoms with van der Waals surface area (Å²) in [5.74, 6) is -0.610. The van der Waals surface area contributed by atoms with Crippen molar-refractivity contribution in [3.63, 3.8) is 0 Å². The highest BCUT2D eigenvalue weighted by Crippen LogP contribution is 2.20. The number of sulfonamides is 1. The van der Waals surface area contributed by atoms with E-state index in [1.165, 1.54) is 11.8 Å². The topological polar surface area (TPSA) is 102 Å². The van der Waals surface area contributed by atoms with Crippen molar-refractivity contribution in [2.45, 2.75) is 4.21 Å². The predicted octanol–water partition coefficient (Wildman–Crippen LogP) is -0.413. The number of methoxy groups -OCH3 is 1. The molecule has 0 aliphatic rings. The summed E-state index contributed by atoms with van der Waals surface area (Å²) in [5.41, 5.74) is 1.01. The third-order valence-corrected chi connectivity index (χ3v) is 5.45. The fraction of sp³-hybridized carbons (Fsp3) is 0.500. The number of esters is 1. The lowest BCUT2D eigenvalue weighted by molar-refractivity contribution is 0.0590. The largest absolute Gasteiger partial charge is 0.464 e. The average molecular weight is 312 g/mol. The molecule has 1 heterocycles. The van der Waals surface area contributed by atoms with Crippen LogP contribution in [0.15, 0.2) is 9.72 Å². The van der Waals surface area contributed by atoms with Gasteiger partial charge in [-0.2, -0.15) is 0 Å². The van der Waals surface area contributed by atoms with E-state index in [1.54, 1.807) is 0 Å². The van der Waals surface area contributed by atoms with Gasteiger partial charge in [-0.05, 0) is 0 Å². The van der Waals surface area contributed by atoms with Gasteiger partial charge in [0.1, 0.15) is 0 Å². The summed E-state index contributed by atoms with van der Waals surface area (Å²) in [5, 5.41) is 0. The summed E-state index contributed by atoms with van der Waals surface area (Å²) < 4.78 is 41.1. The molecule has 0 radical (unpaired) electrons. The predicted molar refractivity (Wildman–Crippen MR) is 67.6 cm³/mol. The van der Waals surface area contributed by atoms with Crippen molar-refractivity contribution in [1.29, 1.82) is 0 Å². The van der Waals surface area contributed by atoms with E-state index in [1.807, 2.05) is 0 Å². The van der Waals surface area contributed by atoms with Gasteiger partial charge in [-0.15, -0.1) is 11.3 Å². The van der Waals surface area contributed by atoms with Crippen LogP contribution in [-0.2, 0) is 25.6 Å². The maximum Gasteiger partial charge on any atom is 0.358 e. The molecule has 7 nitrogen and oxygen atoms in total. The van der Waals surface area contributed by atoms with Crippen LogP contribution in [0.3, 0.4) is 0 Å². The van der Waals surface area contributed by atoms with E-state index in [2.05, 4.69) is 14.4 Å². The molecule has 0 saturated carbocycles. The smallest absolute Gasteiger partial charge is 0.358 e. The summed E-state index contributed by atoms with van der Waals surface area (Å²) in [6, 6.07) is 0. The maximum atomic E-state index is 11.9. The number of carbonyl (C=O) groups excluding carboxylic acids is 1. The minimum Gasteiger partial charge on any atom is -0.464 e. The zero-order valence-electron chi connectivity index (χ0n) is 9.70. The molecule has 0 spiro atoms. The van der Waals surface area contributed by atoms with Crippen molar-refractivity contribution in [1.82, 2.24) is 9.71 Å². The van der Waals surface area contributed by atoms with E-state index in [9.17, 15) is 17.4 Å². The van der Waals surface area contributed by atoms with E-state index in [4.69, 9.17) is 0 Å². The molecular formula is C8H12N2O5S3. The summed E-state index contributed by atoms with van der Waals surface area (Å²) in [6.07, 6.45) is 1.47. The molecule has 10 heteroatoms. The molecule has 1 atom stereocenters. The molecule has 0 bridgehead atoms. The van der Waals surface area contributed by atoms with Crippen LogP contribution in [0.25, 0.3) is 0 Å². The second-order valence-corrected chi connectivity index (χ2v) is 7.53. The van der Waals surface area contributed by atoms with Crippen molar-refractivity contribution < 1.29 is 22.2 Å². The van der Waals surface area contributed by atoms with Gasteiger partial charge in [0, 0.05) is 29.4 Å². The summed E-state index contributed by atoms with van der Waals surface area (Å²) in [6.45, 7) is 0.0317. The van der Waals surface area contributed by atoms with Crippen LogP contribution in [0.2, 0.25) is 0 Å². The van der Waals surface area contributed by atoms with Crippen LogP contribution in [-0.4, -0.2) is 49.2 Å². The van der Waals surface area contributed by atoms with Crippen molar-refractivity contribution >= 4 is 38.1 Å². The Morgan fingerprint density at radius 2 is 2.28 bits per heavy atom. The standard InChI is InChI=1S/C8H12N2O5S3/c1-15-7(11)6-8(16-5-9-6)18(13,14)10-3-4-17(2)12/h5,10H,3-4H2,1-2H3. The molecule has 0 aromatic carbocycles. The van der Waals surface area contributed by atoms with Crippen molar-refractivity contribution in [3.05, 3.63) is 11.2 Å². The van der Waals surface area contributed by atoms with E-state index < -0.39 is 26.8 Å². The minimum atomic E-state index is -3.83. The monoisotopic (exact) mass is 312 g/mol. The van der Waals surface area contributed by atoms with Gasteiger partial charge in [0.05, 0.1) is 12.6 Å². The van der Waals surface area contributed by atoms with Crippen LogP contribution in [0.4, 0.5) is 0 Å². The first kappa shape index (κ1) is 15.2. The van der Waals surface area contributed by atoms with Gasteiger partial charge >= 0.3 is 5.97 Å². The number of carbonyl (C=O) groups is 1. The Morgan fingerprint density at radius 1 is 1.61 bits per heavy atom. The van der Waals surface area contributed by atoms with Gasteiger partial charge in [0.2, 0.25) is 0 Å². The Bertz CT molecular complexity index is 551. The highest BCUT2D eigenvalue weighted by Gasteiger charge is 2.26. The summed E-state index contributed by atoms with van der Waals surface area (Å²) in [7, 11) is -3.78. The Kier molecular flexibility index (Phi) is 5.38. The fourth-order valence-electron chi connectivity index (χ4n) is 1.04. The van der Waals surface area contributed by atoms with Gasteiger partial charge in [-0.3, -0.25) is 4.21 Å². The summed E-state index contributed by atoms with van der Waals surface area (Å²) >= 11 is 0.821. The average Bonchev–Trinajstić information content (AvgIpc) is 2.76. The molecule has 1 N–H and O–H groups in total. The minimum absolute atomic E-state index is 0.0317. The molecular weight excluding hydrogens is 300 g/mol. The number of nitrogens with one attached hydrogen (secondary N) is 1. The normalized spacial score (nSPS) is 13.2. The number of rotatable bonds is 6.